The van der Waals surface area contributed by atoms with Crippen LogP contribution < -0.4 is 4.74 Å². The zero-order valence-electron chi connectivity index (χ0n) is 8.77. The van der Waals surface area contributed by atoms with Crippen LogP contribution in [0.4, 0.5) is 0 Å². The molecule has 0 amide bonds. The van der Waals surface area contributed by atoms with Gasteiger partial charge >= 0.3 is 0 Å². The summed E-state index contributed by atoms with van der Waals surface area (Å²) in [6.07, 6.45) is -0.466. The Morgan fingerprint density at radius 3 is 2.62 bits per heavy atom. The highest BCUT2D eigenvalue weighted by Crippen LogP contribution is 2.20. The molecule has 0 aliphatic heterocycles. The molecule has 1 unspecified atom stereocenters. The Morgan fingerprint density at radius 2 is 1.88 bits per heavy atom. The molecule has 0 heterocycles. The highest BCUT2D eigenvalue weighted by Gasteiger charge is 2.03. The van der Waals surface area contributed by atoms with E-state index in [1.807, 2.05) is 36.4 Å². The van der Waals surface area contributed by atoms with Gasteiger partial charge < -0.3 is 9.84 Å². The maximum atomic E-state index is 9.36. The molecule has 0 spiro atoms. The van der Waals surface area contributed by atoms with Crippen molar-refractivity contribution >= 4 is 26.7 Å². The van der Waals surface area contributed by atoms with Crippen LogP contribution >= 0.6 is 15.9 Å². The molecule has 3 heteroatoms. The Morgan fingerprint density at radius 1 is 1.12 bits per heavy atom. The van der Waals surface area contributed by atoms with Crippen molar-refractivity contribution in [2.24, 2.45) is 0 Å². The van der Waals surface area contributed by atoms with Crippen LogP contribution in [0.2, 0.25) is 0 Å². The summed E-state index contributed by atoms with van der Waals surface area (Å²) in [7, 11) is 0. The average Bonchev–Trinajstić information content (AvgIpc) is 2.35. The number of hydrogen-bond acceptors (Lipinski definition) is 2. The van der Waals surface area contributed by atoms with Crippen LogP contribution in [0.5, 0.6) is 5.75 Å². The molecular weight excluding hydrogens is 268 g/mol. The standard InChI is InChI=1S/C13H13BrO2/c14-8-12(15)9-16-13-6-5-10-3-1-2-4-11(10)7-13/h1-7,12,15H,8-9H2. The second-order valence-electron chi connectivity index (χ2n) is 3.63. The molecule has 2 aromatic rings. The third-order valence-corrected chi connectivity index (χ3v) is 3.09. The van der Waals surface area contributed by atoms with Gasteiger partial charge in [-0.1, -0.05) is 46.3 Å². The maximum Gasteiger partial charge on any atom is 0.120 e. The summed E-state index contributed by atoms with van der Waals surface area (Å²) >= 11 is 3.20. The highest BCUT2D eigenvalue weighted by molar-refractivity contribution is 9.09. The van der Waals surface area contributed by atoms with E-state index in [4.69, 9.17) is 4.74 Å². The lowest BCUT2D eigenvalue weighted by Crippen LogP contribution is -2.18. The molecule has 0 saturated heterocycles. The first-order chi connectivity index (χ1) is 7.79. The Bertz CT molecular complexity index is 470. The van der Waals surface area contributed by atoms with Crippen molar-refractivity contribution < 1.29 is 9.84 Å². The van der Waals surface area contributed by atoms with Crippen LogP contribution in [0, 0.1) is 0 Å². The molecule has 0 radical (unpaired) electrons. The van der Waals surface area contributed by atoms with E-state index in [1.54, 1.807) is 0 Å². The lowest BCUT2D eigenvalue weighted by Gasteiger charge is -2.10. The molecular formula is C13H13BrO2. The summed E-state index contributed by atoms with van der Waals surface area (Å²) in [6.45, 7) is 0.309. The van der Waals surface area contributed by atoms with Crippen molar-refractivity contribution in [3.8, 4) is 5.75 Å². The number of rotatable bonds is 4. The van der Waals surface area contributed by atoms with Gasteiger partial charge in [0.15, 0.2) is 0 Å². The van der Waals surface area contributed by atoms with E-state index in [0.717, 1.165) is 11.1 Å². The first-order valence-electron chi connectivity index (χ1n) is 5.15. The maximum absolute atomic E-state index is 9.36. The van der Waals surface area contributed by atoms with E-state index >= 15 is 0 Å². The minimum atomic E-state index is -0.466. The van der Waals surface area contributed by atoms with Gasteiger partial charge in [0.1, 0.15) is 12.4 Å². The van der Waals surface area contributed by atoms with Crippen LogP contribution in [0.3, 0.4) is 0 Å². The Labute approximate surface area is 103 Å². The summed E-state index contributed by atoms with van der Waals surface area (Å²) in [5, 5.41) is 12.2. The molecule has 84 valence electrons. The molecule has 0 aliphatic rings. The van der Waals surface area contributed by atoms with Gasteiger partial charge in [-0.2, -0.15) is 0 Å². The second-order valence-corrected chi connectivity index (χ2v) is 4.28. The summed E-state index contributed by atoms with van der Waals surface area (Å²) in [6, 6.07) is 14.0. The summed E-state index contributed by atoms with van der Waals surface area (Å²) in [5.74, 6) is 0.790. The number of ether oxygens (including phenoxy) is 1. The smallest absolute Gasteiger partial charge is 0.120 e. The molecule has 0 aromatic heterocycles. The van der Waals surface area contributed by atoms with E-state index < -0.39 is 6.10 Å². The Kier molecular flexibility index (Phi) is 3.80. The van der Waals surface area contributed by atoms with Crippen LogP contribution in [0.1, 0.15) is 0 Å². The van der Waals surface area contributed by atoms with E-state index in [1.165, 1.54) is 5.39 Å². The SMILES string of the molecule is OC(CBr)COc1ccc2ccccc2c1. The molecule has 1 N–H and O–H groups in total. The molecule has 1 atom stereocenters. The van der Waals surface area contributed by atoms with Gasteiger partial charge in [-0.25, -0.2) is 0 Å². The predicted octanol–water partition coefficient (Wildman–Crippen LogP) is 2.97. The lowest BCUT2D eigenvalue weighted by atomic mass is 10.1. The number of hydrogen-bond donors (Lipinski definition) is 1. The number of benzene rings is 2. The fourth-order valence-electron chi connectivity index (χ4n) is 1.49. The minimum absolute atomic E-state index is 0.309. The molecule has 2 rings (SSSR count). The zero-order chi connectivity index (χ0) is 11.4. The molecule has 2 aromatic carbocycles. The fraction of sp³-hybridized carbons (Fsp3) is 0.231. The van der Waals surface area contributed by atoms with E-state index in [9.17, 15) is 5.11 Å². The number of fused-ring (bicyclic) bond motifs is 1. The topological polar surface area (TPSA) is 29.5 Å². The molecule has 0 saturated carbocycles. The molecule has 16 heavy (non-hydrogen) atoms. The number of aliphatic hydroxyl groups is 1. The van der Waals surface area contributed by atoms with E-state index in [2.05, 4.69) is 22.0 Å². The van der Waals surface area contributed by atoms with Crippen molar-refractivity contribution in [1.82, 2.24) is 0 Å². The van der Waals surface area contributed by atoms with Crippen LogP contribution in [-0.2, 0) is 0 Å². The fourth-order valence-corrected chi connectivity index (χ4v) is 1.68. The highest BCUT2D eigenvalue weighted by atomic mass is 79.9. The quantitative estimate of drug-likeness (QED) is 0.873. The van der Waals surface area contributed by atoms with Crippen LogP contribution in [0.15, 0.2) is 42.5 Å². The number of halogens is 1. The van der Waals surface area contributed by atoms with Gasteiger partial charge in [-0.15, -0.1) is 0 Å². The largest absolute Gasteiger partial charge is 0.491 e. The Balaban J connectivity index is 2.13. The summed E-state index contributed by atoms with van der Waals surface area (Å²) in [5.41, 5.74) is 0. The second kappa shape index (κ2) is 5.32. The monoisotopic (exact) mass is 280 g/mol. The summed E-state index contributed by atoms with van der Waals surface area (Å²) < 4.78 is 5.49. The van der Waals surface area contributed by atoms with Gasteiger partial charge in [-0.05, 0) is 22.9 Å². The lowest BCUT2D eigenvalue weighted by molar-refractivity contribution is 0.127. The van der Waals surface area contributed by atoms with Gasteiger partial charge in [0.2, 0.25) is 0 Å². The van der Waals surface area contributed by atoms with Crippen molar-refractivity contribution in [1.29, 1.82) is 0 Å². The van der Waals surface area contributed by atoms with Crippen molar-refractivity contribution in [2.45, 2.75) is 6.10 Å². The van der Waals surface area contributed by atoms with Gasteiger partial charge in [0.05, 0.1) is 6.10 Å². The van der Waals surface area contributed by atoms with Gasteiger partial charge in [0, 0.05) is 5.33 Å². The van der Waals surface area contributed by atoms with E-state index in [-0.39, 0.29) is 0 Å². The Hall–Kier alpha value is -1.06. The molecule has 0 fully saturated rings. The number of alkyl halides is 1. The number of aliphatic hydroxyl groups excluding tert-OH is 1. The first-order valence-corrected chi connectivity index (χ1v) is 6.27. The van der Waals surface area contributed by atoms with Crippen LogP contribution in [0.25, 0.3) is 10.8 Å². The van der Waals surface area contributed by atoms with Gasteiger partial charge in [0.25, 0.3) is 0 Å². The van der Waals surface area contributed by atoms with Crippen molar-refractivity contribution in [2.75, 3.05) is 11.9 Å². The first kappa shape index (κ1) is 11.4. The zero-order valence-corrected chi connectivity index (χ0v) is 10.4. The third-order valence-electron chi connectivity index (χ3n) is 2.34. The van der Waals surface area contributed by atoms with Crippen molar-refractivity contribution in [3.05, 3.63) is 42.5 Å². The third kappa shape index (κ3) is 2.74. The molecule has 0 bridgehead atoms. The summed E-state index contributed by atoms with van der Waals surface area (Å²) in [4.78, 5) is 0. The minimum Gasteiger partial charge on any atom is -0.491 e. The predicted molar refractivity (Wildman–Crippen MR) is 69.2 cm³/mol. The average molecular weight is 281 g/mol. The molecule has 0 aliphatic carbocycles. The van der Waals surface area contributed by atoms with Crippen molar-refractivity contribution in [3.63, 3.8) is 0 Å². The normalized spacial score (nSPS) is 12.6. The van der Waals surface area contributed by atoms with E-state index in [0.29, 0.717) is 11.9 Å². The molecule has 2 nitrogen and oxygen atoms in total. The van der Waals surface area contributed by atoms with Gasteiger partial charge in [-0.3, -0.25) is 0 Å². The van der Waals surface area contributed by atoms with Crippen LogP contribution in [-0.4, -0.2) is 23.1 Å².